The molecule has 0 atom stereocenters. The lowest BCUT2D eigenvalue weighted by Crippen LogP contribution is -2.19. The Labute approximate surface area is 125 Å². The van der Waals surface area contributed by atoms with E-state index in [1.165, 1.54) is 27.4 Å². The molecule has 0 bridgehead atoms. The Bertz CT molecular complexity index is 526. The summed E-state index contributed by atoms with van der Waals surface area (Å²) in [7, 11) is 4.23. The van der Waals surface area contributed by atoms with E-state index >= 15 is 0 Å². The fourth-order valence-electron chi connectivity index (χ4n) is 1.64. The van der Waals surface area contributed by atoms with Gasteiger partial charge in [0.2, 0.25) is 5.75 Å². The molecule has 0 aliphatic heterocycles. The van der Waals surface area contributed by atoms with Crippen molar-refractivity contribution in [2.45, 2.75) is 6.92 Å². The Balaban J connectivity index is 3.46. The van der Waals surface area contributed by atoms with Crippen LogP contribution in [0, 0.1) is 0 Å². The van der Waals surface area contributed by atoms with Gasteiger partial charge in [-0.05, 0) is 28.9 Å². The second kappa shape index (κ2) is 7.14. The van der Waals surface area contributed by atoms with Crippen molar-refractivity contribution >= 4 is 27.7 Å². The second-order valence-corrected chi connectivity index (χ2v) is 4.41. The third-order valence-electron chi connectivity index (χ3n) is 2.47. The zero-order valence-electron chi connectivity index (χ0n) is 11.6. The largest absolute Gasteiger partial charge is 0.493 e. The van der Waals surface area contributed by atoms with Gasteiger partial charge in [0.05, 0.1) is 33.5 Å². The Hall–Kier alpha value is -1.76. The molecule has 0 spiro atoms. The van der Waals surface area contributed by atoms with Crippen molar-refractivity contribution in [3.63, 3.8) is 0 Å². The third-order valence-corrected chi connectivity index (χ3v) is 3.10. The zero-order chi connectivity index (χ0) is 15.3. The van der Waals surface area contributed by atoms with Crippen LogP contribution in [-0.2, 0) is 9.53 Å². The second-order valence-electron chi connectivity index (χ2n) is 3.55. The van der Waals surface area contributed by atoms with E-state index in [1.54, 1.807) is 6.92 Å². The van der Waals surface area contributed by atoms with E-state index < -0.39 is 11.8 Å². The summed E-state index contributed by atoms with van der Waals surface area (Å²) in [6, 6.07) is 1.52. The number of carbonyl (C=O) groups is 2. The maximum atomic E-state index is 12.1. The van der Waals surface area contributed by atoms with Gasteiger partial charge < -0.3 is 18.9 Å². The lowest BCUT2D eigenvalue weighted by Gasteiger charge is -2.16. The molecule has 0 saturated heterocycles. The molecule has 1 rings (SSSR count). The Morgan fingerprint density at radius 2 is 1.70 bits per heavy atom. The van der Waals surface area contributed by atoms with Crippen LogP contribution in [0.15, 0.2) is 10.5 Å². The number of esters is 1. The van der Waals surface area contributed by atoms with Gasteiger partial charge in [-0.3, -0.25) is 4.79 Å². The van der Waals surface area contributed by atoms with Crippen molar-refractivity contribution in [1.82, 2.24) is 0 Å². The molecule has 1 aromatic rings. The van der Waals surface area contributed by atoms with Crippen LogP contribution in [0.4, 0.5) is 0 Å². The van der Waals surface area contributed by atoms with E-state index in [9.17, 15) is 9.59 Å². The molecule has 0 fully saturated rings. The van der Waals surface area contributed by atoms with E-state index in [-0.39, 0.29) is 23.7 Å². The van der Waals surface area contributed by atoms with Crippen LogP contribution in [0.3, 0.4) is 0 Å². The average molecular weight is 347 g/mol. The van der Waals surface area contributed by atoms with Crippen molar-refractivity contribution in [3.8, 4) is 17.2 Å². The highest BCUT2D eigenvalue weighted by Gasteiger charge is 2.29. The Kier molecular flexibility index (Phi) is 5.82. The standard InChI is InChI=1S/C13H15BrO6/c1-5-20-13(16)10(15)9-7(14)6-8(17-2)11(18-3)12(9)19-4/h6H,5H2,1-4H3. The first kappa shape index (κ1) is 16.3. The van der Waals surface area contributed by atoms with Gasteiger partial charge in [0.25, 0.3) is 5.78 Å². The minimum Gasteiger partial charge on any atom is -0.493 e. The van der Waals surface area contributed by atoms with Crippen LogP contribution in [0.2, 0.25) is 0 Å². The molecule has 7 heteroatoms. The van der Waals surface area contributed by atoms with E-state index in [4.69, 9.17) is 18.9 Å². The van der Waals surface area contributed by atoms with Crippen molar-refractivity contribution in [3.05, 3.63) is 16.1 Å². The predicted octanol–water partition coefficient (Wildman–Crippen LogP) is 2.22. The minimum absolute atomic E-state index is 0.0311. The number of methoxy groups -OCH3 is 3. The Morgan fingerprint density at radius 1 is 1.10 bits per heavy atom. The molecule has 0 unspecified atom stereocenters. The topological polar surface area (TPSA) is 71.1 Å². The number of rotatable bonds is 6. The molecule has 0 aliphatic rings. The van der Waals surface area contributed by atoms with Crippen LogP contribution >= 0.6 is 15.9 Å². The SMILES string of the molecule is CCOC(=O)C(=O)c1c(Br)cc(OC)c(OC)c1OC. The number of Topliss-reactive ketones (excluding diaryl/α,β-unsaturated/α-hetero) is 1. The van der Waals surface area contributed by atoms with Gasteiger partial charge in [0.15, 0.2) is 11.5 Å². The highest BCUT2D eigenvalue weighted by Crippen LogP contribution is 2.44. The summed E-state index contributed by atoms with van der Waals surface area (Å²) in [5.74, 6) is -1.07. The maximum absolute atomic E-state index is 12.1. The zero-order valence-corrected chi connectivity index (χ0v) is 13.2. The highest BCUT2D eigenvalue weighted by atomic mass is 79.9. The van der Waals surface area contributed by atoms with Crippen molar-refractivity contribution in [1.29, 1.82) is 0 Å². The summed E-state index contributed by atoms with van der Waals surface area (Å²) < 4.78 is 20.5. The molecule has 0 saturated carbocycles. The number of carbonyl (C=O) groups excluding carboxylic acids is 2. The summed E-state index contributed by atoms with van der Waals surface area (Å²) in [4.78, 5) is 23.7. The fourth-order valence-corrected chi connectivity index (χ4v) is 2.20. The van der Waals surface area contributed by atoms with Gasteiger partial charge in [-0.2, -0.15) is 0 Å². The van der Waals surface area contributed by atoms with Gasteiger partial charge in [-0.15, -0.1) is 0 Å². The van der Waals surface area contributed by atoms with E-state index in [0.717, 1.165) is 0 Å². The summed E-state index contributed by atoms with van der Waals surface area (Å²) in [5, 5.41) is 0. The molecule has 0 amide bonds. The third kappa shape index (κ3) is 3.04. The number of hydrogen-bond donors (Lipinski definition) is 0. The van der Waals surface area contributed by atoms with Crippen LogP contribution in [0.1, 0.15) is 17.3 Å². The summed E-state index contributed by atoms with van der Waals surface area (Å²) in [5.41, 5.74) is 0.0311. The van der Waals surface area contributed by atoms with Crippen LogP contribution < -0.4 is 14.2 Å². The van der Waals surface area contributed by atoms with Gasteiger partial charge in [0, 0.05) is 4.47 Å². The van der Waals surface area contributed by atoms with E-state index in [2.05, 4.69) is 15.9 Å². The first-order valence-electron chi connectivity index (χ1n) is 5.71. The van der Waals surface area contributed by atoms with Crippen LogP contribution in [0.25, 0.3) is 0 Å². The quantitative estimate of drug-likeness (QED) is 0.446. The Morgan fingerprint density at radius 3 is 2.15 bits per heavy atom. The van der Waals surface area contributed by atoms with Crippen molar-refractivity contribution < 1.29 is 28.5 Å². The first-order chi connectivity index (χ1) is 9.51. The molecule has 0 aromatic heterocycles. The number of benzene rings is 1. The lowest BCUT2D eigenvalue weighted by molar-refractivity contribution is -0.137. The molecule has 20 heavy (non-hydrogen) atoms. The summed E-state index contributed by atoms with van der Waals surface area (Å²) in [6.45, 7) is 1.73. The molecule has 110 valence electrons. The van der Waals surface area contributed by atoms with Gasteiger partial charge in [-0.25, -0.2) is 4.79 Å². The number of ketones is 1. The smallest absolute Gasteiger partial charge is 0.379 e. The monoisotopic (exact) mass is 346 g/mol. The van der Waals surface area contributed by atoms with Gasteiger partial charge >= 0.3 is 5.97 Å². The fraction of sp³-hybridized carbons (Fsp3) is 0.385. The van der Waals surface area contributed by atoms with Gasteiger partial charge in [0.1, 0.15) is 0 Å². The molecular formula is C13H15BrO6. The summed E-state index contributed by atoms with van der Waals surface area (Å²) in [6.07, 6.45) is 0. The molecular weight excluding hydrogens is 332 g/mol. The highest BCUT2D eigenvalue weighted by molar-refractivity contribution is 9.10. The molecule has 1 aromatic carbocycles. The summed E-state index contributed by atoms with van der Waals surface area (Å²) >= 11 is 3.22. The van der Waals surface area contributed by atoms with E-state index in [1.807, 2.05) is 0 Å². The van der Waals surface area contributed by atoms with Gasteiger partial charge in [-0.1, -0.05) is 0 Å². The minimum atomic E-state index is -0.960. The maximum Gasteiger partial charge on any atom is 0.379 e. The van der Waals surface area contributed by atoms with Crippen LogP contribution in [0.5, 0.6) is 17.2 Å². The van der Waals surface area contributed by atoms with Crippen LogP contribution in [-0.4, -0.2) is 39.7 Å². The molecule has 0 radical (unpaired) electrons. The van der Waals surface area contributed by atoms with Crippen molar-refractivity contribution in [2.75, 3.05) is 27.9 Å². The average Bonchev–Trinajstić information content (AvgIpc) is 2.45. The number of hydrogen-bond acceptors (Lipinski definition) is 6. The molecule has 0 heterocycles. The van der Waals surface area contributed by atoms with Crippen molar-refractivity contribution in [2.24, 2.45) is 0 Å². The normalized spacial score (nSPS) is 9.85. The number of ether oxygens (including phenoxy) is 4. The molecule has 0 aliphatic carbocycles. The molecule has 0 N–H and O–H groups in total. The number of halogens is 1. The predicted molar refractivity (Wildman–Crippen MR) is 74.8 cm³/mol. The lowest BCUT2D eigenvalue weighted by atomic mass is 10.1. The molecule has 6 nitrogen and oxygen atoms in total. The first-order valence-corrected chi connectivity index (χ1v) is 6.50. The van der Waals surface area contributed by atoms with E-state index in [0.29, 0.717) is 10.2 Å².